The maximum atomic E-state index is 8.70. The molecule has 0 unspecified atom stereocenters. The molecule has 0 bridgehead atoms. The molecule has 4 heteroatoms. The van der Waals surface area contributed by atoms with E-state index in [1.807, 2.05) is 6.07 Å². The van der Waals surface area contributed by atoms with Gasteiger partial charge in [-0.2, -0.15) is 0 Å². The highest BCUT2D eigenvalue weighted by atomic mass is 16.5. The number of fused-ring (bicyclic) bond motifs is 1. The lowest BCUT2D eigenvalue weighted by molar-refractivity contribution is 0.116. The van der Waals surface area contributed by atoms with Crippen molar-refractivity contribution in [3.63, 3.8) is 0 Å². The van der Waals surface area contributed by atoms with E-state index in [2.05, 4.69) is 36.6 Å². The maximum absolute atomic E-state index is 8.70. The Morgan fingerprint density at radius 1 is 1.37 bits per heavy atom. The van der Waals surface area contributed by atoms with Crippen molar-refractivity contribution >= 4 is 5.69 Å². The van der Waals surface area contributed by atoms with E-state index in [1.165, 1.54) is 5.56 Å². The first kappa shape index (κ1) is 14.2. The number of nitrogens with one attached hydrogen (secondary N) is 2. The Hall–Kier alpha value is -1.26. The van der Waals surface area contributed by atoms with Crippen molar-refractivity contribution < 1.29 is 9.84 Å². The van der Waals surface area contributed by atoms with Gasteiger partial charge in [0.1, 0.15) is 11.4 Å². The van der Waals surface area contributed by atoms with Gasteiger partial charge in [0.25, 0.3) is 0 Å². The molecule has 0 aromatic heterocycles. The Labute approximate surface area is 115 Å². The van der Waals surface area contributed by atoms with Crippen LogP contribution in [-0.4, -0.2) is 36.9 Å². The van der Waals surface area contributed by atoms with Crippen molar-refractivity contribution in [1.82, 2.24) is 5.32 Å². The first-order chi connectivity index (χ1) is 9.11. The monoisotopic (exact) mass is 264 g/mol. The largest absolute Gasteiger partial charge is 0.484 e. The van der Waals surface area contributed by atoms with Gasteiger partial charge in [-0.3, -0.25) is 0 Å². The molecular weight excluding hydrogens is 240 g/mol. The van der Waals surface area contributed by atoms with Crippen LogP contribution in [0.4, 0.5) is 5.69 Å². The van der Waals surface area contributed by atoms with Gasteiger partial charge in [0, 0.05) is 6.61 Å². The zero-order chi connectivity index (χ0) is 13.7. The van der Waals surface area contributed by atoms with Gasteiger partial charge in [-0.25, -0.2) is 0 Å². The summed E-state index contributed by atoms with van der Waals surface area (Å²) < 4.78 is 5.93. The summed E-state index contributed by atoms with van der Waals surface area (Å²) in [4.78, 5) is 0. The Morgan fingerprint density at radius 2 is 2.21 bits per heavy atom. The van der Waals surface area contributed by atoms with Crippen LogP contribution in [0, 0.1) is 0 Å². The van der Waals surface area contributed by atoms with E-state index in [0.29, 0.717) is 0 Å². The number of aliphatic hydroxyl groups excluding tert-OH is 1. The third kappa shape index (κ3) is 4.11. The van der Waals surface area contributed by atoms with E-state index in [4.69, 9.17) is 9.84 Å². The minimum Gasteiger partial charge on any atom is -0.484 e. The Balaban J connectivity index is 1.87. The predicted molar refractivity (Wildman–Crippen MR) is 77.9 cm³/mol. The van der Waals surface area contributed by atoms with E-state index in [9.17, 15) is 0 Å². The van der Waals surface area contributed by atoms with Gasteiger partial charge in [-0.05, 0) is 57.5 Å². The van der Waals surface area contributed by atoms with Gasteiger partial charge in [0.05, 0.1) is 12.2 Å². The fourth-order valence-corrected chi connectivity index (χ4v) is 2.16. The van der Waals surface area contributed by atoms with Gasteiger partial charge in [0.15, 0.2) is 0 Å². The highest BCUT2D eigenvalue weighted by Gasteiger charge is 2.25. The van der Waals surface area contributed by atoms with Gasteiger partial charge in [0.2, 0.25) is 0 Å². The SMILES string of the molecule is CC1(C)CNc2cc(CCNCCCO)ccc2O1. The summed E-state index contributed by atoms with van der Waals surface area (Å²) in [5, 5.41) is 15.4. The molecule has 19 heavy (non-hydrogen) atoms. The molecule has 0 radical (unpaired) electrons. The molecular formula is C15H24N2O2. The molecule has 1 heterocycles. The average Bonchev–Trinajstić information content (AvgIpc) is 2.38. The molecule has 0 spiro atoms. The molecule has 0 saturated carbocycles. The first-order valence-corrected chi connectivity index (χ1v) is 6.98. The highest BCUT2D eigenvalue weighted by Crippen LogP contribution is 2.33. The van der Waals surface area contributed by atoms with Crippen molar-refractivity contribution in [2.24, 2.45) is 0 Å². The molecule has 0 aliphatic carbocycles. The fraction of sp³-hybridized carbons (Fsp3) is 0.600. The Kier molecular flexibility index (Phi) is 4.66. The molecule has 4 nitrogen and oxygen atoms in total. The van der Waals surface area contributed by atoms with Crippen molar-refractivity contribution in [1.29, 1.82) is 0 Å². The highest BCUT2D eigenvalue weighted by molar-refractivity contribution is 5.60. The minimum absolute atomic E-state index is 0.139. The predicted octanol–water partition coefficient (Wildman–Crippen LogP) is 1.78. The number of benzene rings is 1. The molecule has 1 aromatic carbocycles. The number of ether oxygens (including phenoxy) is 1. The quantitative estimate of drug-likeness (QED) is 0.686. The summed E-state index contributed by atoms with van der Waals surface area (Å²) in [7, 11) is 0. The van der Waals surface area contributed by atoms with E-state index in [1.54, 1.807) is 0 Å². The topological polar surface area (TPSA) is 53.5 Å². The fourth-order valence-electron chi connectivity index (χ4n) is 2.16. The van der Waals surface area contributed by atoms with Crippen LogP contribution in [0.25, 0.3) is 0 Å². The number of aliphatic hydroxyl groups is 1. The van der Waals surface area contributed by atoms with E-state index in [0.717, 1.165) is 43.9 Å². The normalized spacial score (nSPS) is 16.4. The summed E-state index contributed by atoms with van der Waals surface area (Å²) in [6.45, 7) is 7.06. The molecule has 1 aliphatic rings. The zero-order valence-electron chi connectivity index (χ0n) is 11.8. The van der Waals surface area contributed by atoms with Gasteiger partial charge in [-0.1, -0.05) is 6.07 Å². The van der Waals surface area contributed by atoms with Crippen LogP contribution in [-0.2, 0) is 6.42 Å². The molecule has 1 aliphatic heterocycles. The number of anilines is 1. The van der Waals surface area contributed by atoms with E-state index >= 15 is 0 Å². The van der Waals surface area contributed by atoms with Crippen molar-refractivity contribution in [3.8, 4) is 5.75 Å². The summed E-state index contributed by atoms with van der Waals surface area (Å²) in [5.41, 5.74) is 2.25. The number of rotatable bonds is 6. The standard InChI is InChI=1S/C15H24N2O2/c1-15(2)11-17-13-10-12(4-5-14(13)19-15)6-8-16-7-3-9-18/h4-5,10,16-18H,3,6-9,11H2,1-2H3. The second-order valence-corrected chi connectivity index (χ2v) is 5.62. The smallest absolute Gasteiger partial charge is 0.143 e. The first-order valence-electron chi connectivity index (χ1n) is 6.98. The van der Waals surface area contributed by atoms with Crippen LogP contribution in [0.3, 0.4) is 0 Å². The second-order valence-electron chi connectivity index (χ2n) is 5.62. The number of hydrogen-bond acceptors (Lipinski definition) is 4. The van der Waals surface area contributed by atoms with E-state index in [-0.39, 0.29) is 12.2 Å². The summed E-state index contributed by atoms with van der Waals surface area (Å²) in [5.74, 6) is 0.938. The Morgan fingerprint density at radius 3 is 3.00 bits per heavy atom. The molecule has 3 N–H and O–H groups in total. The summed E-state index contributed by atoms with van der Waals surface area (Å²) >= 11 is 0. The third-order valence-electron chi connectivity index (χ3n) is 3.24. The summed E-state index contributed by atoms with van der Waals surface area (Å²) in [6, 6.07) is 6.33. The second kappa shape index (κ2) is 6.26. The molecule has 2 rings (SSSR count). The molecule has 106 valence electrons. The van der Waals surface area contributed by atoms with E-state index < -0.39 is 0 Å². The molecule has 0 saturated heterocycles. The van der Waals surface area contributed by atoms with Crippen molar-refractivity contribution in [3.05, 3.63) is 23.8 Å². The van der Waals surface area contributed by atoms with Gasteiger partial charge < -0.3 is 20.5 Å². The maximum Gasteiger partial charge on any atom is 0.143 e. The van der Waals surface area contributed by atoms with Crippen molar-refractivity contribution in [2.75, 3.05) is 31.6 Å². The van der Waals surface area contributed by atoms with Gasteiger partial charge in [-0.15, -0.1) is 0 Å². The lowest BCUT2D eigenvalue weighted by Gasteiger charge is -2.33. The molecule has 0 atom stereocenters. The van der Waals surface area contributed by atoms with Crippen LogP contribution < -0.4 is 15.4 Å². The Bertz CT molecular complexity index is 419. The van der Waals surface area contributed by atoms with Crippen molar-refractivity contribution in [2.45, 2.75) is 32.3 Å². The molecule has 1 aromatic rings. The van der Waals surface area contributed by atoms with Crippen LogP contribution in [0.2, 0.25) is 0 Å². The number of hydrogen-bond donors (Lipinski definition) is 3. The summed E-state index contributed by atoms with van der Waals surface area (Å²) in [6.07, 6.45) is 1.80. The third-order valence-corrected chi connectivity index (χ3v) is 3.24. The average molecular weight is 264 g/mol. The zero-order valence-corrected chi connectivity index (χ0v) is 11.8. The van der Waals surface area contributed by atoms with Crippen LogP contribution >= 0.6 is 0 Å². The molecule has 0 fully saturated rings. The molecule has 0 amide bonds. The lowest BCUT2D eigenvalue weighted by atomic mass is 10.0. The van der Waals surface area contributed by atoms with Crippen LogP contribution in [0.5, 0.6) is 5.75 Å². The lowest BCUT2D eigenvalue weighted by Crippen LogP contribution is -2.40. The minimum atomic E-state index is -0.139. The van der Waals surface area contributed by atoms with Gasteiger partial charge >= 0.3 is 0 Å². The van der Waals surface area contributed by atoms with Crippen LogP contribution in [0.15, 0.2) is 18.2 Å². The van der Waals surface area contributed by atoms with Crippen LogP contribution in [0.1, 0.15) is 25.8 Å².